The largest absolute Gasteiger partial charge is 0.494 e. The van der Waals surface area contributed by atoms with Gasteiger partial charge in [0.15, 0.2) is 5.13 Å². The Balaban J connectivity index is 1.58. The first-order valence-corrected chi connectivity index (χ1v) is 11.5. The molecule has 4 rings (SSSR count). The predicted octanol–water partition coefficient (Wildman–Crippen LogP) is 5.61. The van der Waals surface area contributed by atoms with E-state index in [1.165, 1.54) is 5.56 Å². The highest BCUT2D eigenvalue weighted by molar-refractivity contribution is 7.22. The van der Waals surface area contributed by atoms with Crippen LogP contribution in [0.5, 0.6) is 5.75 Å². The van der Waals surface area contributed by atoms with Crippen molar-refractivity contribution in [3.63, 3.8) is 0 Å². The number of anilines is 1. The highest BCUT2D eigenvalue weighted by Gasteiger charge is 2.27. The number of aryl methyl sites for hydroxylation is 1. The standard InChI is InChI=1S/C24H28N2O3S/c1-3-4-13-28-19-10-8-18(9-11-19)23(27)26(16-20-6-5-14-29-20)24-25-21-12-7-17(2)15-22(21)30-24/h7-12,15,20H,3-6,13-14,16H2,1-2H3. The molecule has 2 heterocycles. The molecule has 1 aromatic heterocycles. The van der Waals surface area contributed by atoms with Gasteiger partial charge in [-0.15, -0.1) is 0 Å². The molecule has 30 heavy (non-hydrogen) atoms. The van der Waals surface area contributed by atoms with Crippen molar-refractivity contribution in [3.8, 4) is 5.75 Å². The molecule has 3 aromatic rings. The van der Waals surface area contributed by atoms with Crippen molar-refractivity contribution < 1.29 is 14.3 Å². The number of hydrogen-bond donors (Lipinski definition) is 0. The SMILES string of the molecule is CCCCOc1ccc(C(=O)N(CC2CCCO2)c2nc3ccc(C)cc3s2)cc1. The van der Waals surface area contributed by atoms with Gasteiger partial charge in [0.05, 0.1) is 29.5 Å². The monoisotopic (exact) mass is 424 g/mol. The number of carbonyl (C=O) groups excluding carboxylic acids is 1. The third kappa shape index (κ3) is 4.82. The minimum atomic E-state index is -0.0543. The maximum absolute atomic E-state index is 13.4. The van der Waals surface area contributed by atoms with Gasteiger partial charge in [-0.25, -0.2) is 4.98 Å². The number of aromatic nitrogens is 1. The van der Waals surface area contributed by atoms with Gasteiger partial charge < -0.3 is 9.47 Å². The first-order chi connectivity index (χ1) is 14.6. The highest BCUT2D eigenvalue weighted by Crippen LogP contribution is 2.31. The first kappa shape index (κ1) is 20.8. The Bertz CT molecular complexity index is 993. The summed E-state index contributed by atoms with van der Waals surface area (Å²) in [7, 11) is 0. The number of nitrogens with zero attached hydrogens (tertiary/aromatic N) is 2. The summed E-state index contributed by atoms with van der Waals surface area (Å²) in [4.78, 5) is 20.0. The van der Waals surface area contributed by atoms with Gasteiger partial charge in [0.1, 0.15) is 5.75 Å². The lowest BCUT2D eigenvalue weighted by atomic mass is 10.1. The summed E-state index contributed by atoms with van der Waals surface area (Å²) in [5, 5.41) is 0.722. The molecule has 0 N–H and O–H groups in total. The molecule has 0 radical (unpaired) electrons. The molecule has 0 saturated carbocycles. The smallest absolute Gasteiger partial charge is 0.260 e. The van der Waals surface area contributed by atoms with Crippen LogP contribution in [0.1, 0.15) is 48.5 Å². The molecule has 1 unspecified atom stereocenters. The van der Waals surface area contributed by atoms with Crippen LogP contribution in [-0.4, -0.2) is 36.8 Å². The number of thiazole rings is 1. The van der Waals surface area contributed by atoms with Gasteiger partial charge >= 0.3 is 0 Å². The normalized spacial score (nSPS) is 16.1. The number of amides is 1. The molecule has 0 bridgehead atoms. The molecule has 1 atom stereocenters. The molecule has 1 aliphatic rings. The van der Waals surface area contributed by atoms with Crippen LogP contribution in [0.4, 0.5) is 5.13 Å². The van der Waals surface area contributed by atoms with E-state index in [1.807, 2.05) is 30.3 Å². The summed E-state index contributed by atoms with van der Waals surface area (Å²) in [6, 6.07) is 13.6. The van der Waals surface area contributed by atoms with E-state index >= 15 is 0 Å². The fraction of sp³-hybridized carbons (Fsp3) is 0.417. The van der Waals surface area contributed by atoms with Crippen molar-refractivity contribution in [2.45, 2.75) is 45.6 Å². The van der Waals surface area contributed by atoms with E-state index in [4.69, 9.17) is 14.5 Å². The molecule has 5 nitrogen and oxygen atoms in total. The van der Waals surface area contributed by atoms with E-state index in [-0.39, 0.29) is 12.0 Å². The zero-order chi connectivity index (χ0) is 20.9. The van der Waals surface area contributed by atoms with Crippen LogP contribution >= 0.6 is 11.3 Å². The average molecular weight is 425 g/mol. The fourth-order valence-corrected chi connectivity index (χ4v) is 4.63. The van der Waals surface area contributed by atoms with E-state index in [9.17, 15) is 4.79 Å². The number of benzene rings is 2. The second kappa shape index (κ2) is 9.58. The van der Waals surface area contributed by atoms with Crippen LogP contribution in [0.3, 0.4) is 0 Å². The van der Waals surface area contributed by atoms with E-state index in [0.717, 1.165) is 53.4 Å². The van der Waals surface area contributed by atoms with Gasteiger partial charge in [0, 0.05) is 12.2 Å². The molecule has 1 amide bonds. The Morgan fingerprint density at radius 3 is 2.83 bits per heavy atom. The molecule has 158 valence electrons. The summed E-state index contributed by atoms with van der Waals surface area (Å²) >= 11 is 1.56. The Morgan fingerprint density at radius 2 is 2.10 bits per heavy atom. The van der Waals surface area contributed by atoms with Gasteiger partial charge in [-0.2, -0.15) is 0 Å². The number of carbonyl (C=O) groups is 1. The summed E-state index contributed by atoms with van der Waals surface area (Å²) in [6.45, 7) is 6.18. The average Bonchev–Trinajstić information content (AvgIpc) is 3.41. The number of ether oxygens (including phenoxy) is 2. The zero-order valence-corrected chi connectivity index (χ0v) is 18.4. The Hall–Kier alpha value is -2.44. The summed E-state index contributed by atoms with van der Waals surface area (Å²) < 4.78 is 12.6. The maximum Gasteiger partial charge on any atom is 0.260 e. The highest BCUT2D eigenvalue weighted by atomic mass is 32.1. The third-order valence-corrected chi connectivity index (χ3v) is 6.33. The van der Waals surface area contributed by atoms with Gasteiger partial charge in [-0.05, 0) is 68.1 Å². The second-order valence-corrected chi connectivity index (χ2v) is 8.75. The number of hydrogen-bond acceptors (Lipinski definition) is 5. The van der Waals surface area contributed by atoms with Crippen LogP contribution in [-0.2, 0) is 4.74 Å². The van der Waals surface area contributed by atoms with Crippen LogP contribution in [0.15, 0.2) is 42.5 Å². The number of fused-ring (bicyclic) bond motifs is 1. The van der Waals surface area contributed by atoms with Crippen LogP contribution in [0.2, 0.25) is 0 Å². The van der Waals surface area contributed by atoms with Gasteiger partial charge in [0.25, 0.3) is 5.91 Å². The van der Waals surface area contributed by atoms with E-state index in [1.54, 1.807) is 16.2 Å². The summed E-state index contributed by atoms with van der Waals surface area (Å²) in [5.74, 6) is 0.738. The Labute approximate surface area is 181 Å². The molecule has 0 aliphatic carbocycles. The number of rotatable bonds is 8. The van der Waals surface area contributed by atoms with Crippen molar-refractivity contribution >= 4 is 32.6 Å². The Morgan fingerprint density at radius 1 is 1.27 bits per heavy atom. The van der Waals surface area contributed by atoms with Gasteiger partial charge in [-0.1, -0.05) is 30.7 Å². The second-order valence-electron chi connectivity index (χ2n) is 7.74. The van der Waals surface area contributed by atoms with Crippen LogP contribution < -0.4 is 9.64 Å². The Kier molecular flexibility index (Phi) is 6.65. The van der Waals surface area contributed by atoms with Gasteiger partial charge in [0.2, 0.25) is 0 Å². The third-order valence-electron chi connectivity index (χ3n) is 5.29. The lowest BCUT2D eigenvalue weighted by molar-refractivity contribution is 0.0917. The van der Waals surface area contributed by atoms with E-state index < -0.39 is 0 Å². The van der Waals surface area contributed by atoms with Crippen molar-refractivity contribution in [2.75, 3.05) is 24.7 Å². The van der Waals surface area contributed by atoms with Crippen molar-refractivity contribution in [1.29, 1.82) is 0 Å². The van der Waals surface area contributed by atoms with Crippen LogP contribution in [0.25, 0.3) is 10.2 Å². The van der Waals surface area contributed by atoms with E-state index in [2.05, 4.69) is 26.0 Å². The molecule has 6 heteroatoms. The molecule has 1 fully saturated rings. The molecule has 1 aliphatic heterocycles. The quantitative estimate of drug-likeness (QED) is 0.441. The van der Waals surface area contributed by atoms with Gasteiger partial charge in [-0.3, -0.25) is 9.69 Å². The lowest BCUT2D eigenvalue weighted by Gasteiger charge is -2.23. The van der Waals surface area contributed by atoms with Crippen LogP contribution in [0, 0.1) is 6.92 Å². The van der Waals surface area contributed by atoms with Crippen molar-refractivity contribution in [3.05, 3.63) is 53.6 Å². The van der Waals surface area contributed by atoms with Crippen molar-refractivity contribution in [2.24, 2.45) is 0 Å². The molecule has 1 saturated heterocycles. The molecular weight excluding hydrogens is 396 g/mol. The van der Waals surface area contributed by atoms with E-state index in [0.29, 0.717) is 18.7 Å². The zero-order valence-electron chi connectivity index (χ0n) is 17.6. The predicted molar refractivity (Wildman–Crippen MR) is 122 cm³/mol. The molecule has 0 spiro atoms. The topological polar surface area (TPSA) is 51.7 Å². The first-order valence-electron chi connectivity index (χ1n) is 10.7. The minimum absolute atomic E-state index is 0.0543. The summed E-state index contributed by atoms with van der Waals surface area (Å²) in [5.41, 5.74) is 2.74. The summed E-state index contributed by atoms with van der Waals surface area (Å²) in [6.07, 6.45) is 4.18. The maximum atomic E-state index is 13.4. The van der Waals surface area contributed by atoms with Crippen molar-refractivity contribution in [1.82, 2.24) is 4.98 Å². The minimum Gasteiger partial charge on any atom is -0.494 e. The molecular formula is C24H28N2O3S. The number of unbranched alkanes of at least 4 members (excludes halogenated alkanes) is 1. The molecule has 2 aromatic carbocycles. The lowest BCUT2D eigenvalue weighted by Crippen LogP contribution is -2.37. The fourth-order valence-electron chi connectivity index (χ4n) is 3.56.